The Kier molecular flexibility index (Phi) is 5.15. The Hall–Kier alpha value is -1.39. The number of piperidine rings is 1. The summed E-state index contributed by atoms with van der Waals surface area (Å²) in [6.07, 6.45) is 2.72. The maximum atomic E-state index is 10.9. The Balaban J connectivity index is 2.01. The monoisotopic (exact) mass is 277 g/mol. The van der Waals surface area contributed by atoms with Crippen molar-refractivity contribution in [3.8, 4) is 5.75 Å². The summed E-state index contributed by atoms with van der Waals surface area (Å²) in [6.45, 7) is 4.59. The molecule has 1 atom stereocenters. The Bertz CT molecular complexity index is 451. The number of ether oxygens (including phenoxy) is 1. The molecular formula is C16H23NO3. The maximum absolute atomic E-state index is 10.9. The first-order valence-corrected chi connectivity index (χ1v) is 7.17. The lowest BCUT2D eigenvalue weighted by Gasteiger charge is -2.33. The van der Waals surface area contributed by atoms with Crippen LogP contribution in [-0.2, 0) is 0 Å². The van der Waals surface area contributed by atoms with Crippen LogP contribution in [0.15, 0.2) is 18.2 Å². The fourth-order valence-electron chi connectivity index (χ4n) is 2.90. The molecule has 1 aromatic rings. The van der Waals surface area contributed by atoms with Crippen LogP contribution in [0.1, 0.15) is 41.6 Å². The van der Waals surface area contributed by atoms with Crippen LogP contribution in [-0.4, -0.2) is 49.1 Å². The van der Waals surface area contributed by atoms with E-state index in [0.717, 1.165) is 38.8 Å². The zero-order valence-corrected chi connectivity index (χ0v) is 12.2. The van der Waals surface area contributed by atoms with Crippen molar-refractivity contribution >= 4 is 6.29 Å². The molecule has 1 heterocycles. The average molecular weight is 277 g/mol. The van der Waals surface area contributed by atoms with Gasteiger partial charge in [0.05, 0.1) is 18.8 Å². The molecule has 0 amide bonds. The number of carbonyl (C=O) groups excluding carboxylic acids is 1. The number of carbonyl (C=O) groups is 1. The molecule has 1 aromatic carbocycles. The van der Waals surface area contributed by atoms with Gasteiger partial charge in [0.15, 0.2) is 6.29 Å². The molecule has 20 heavy (non-hydrogen) atoms. The van der Waals surface area contributed by atoms with Crippen molar-refractivity contribution in [1.82, 2.24) is 4.90 Å². The number of hydrogen-bond donors (Lipinski definition) is 1. The van der Waals surface area contributed by atoms with E-state index >= 15 is 0 Å². The second-order valence-electron chi connectivity index (χ2n) is 5.54. The zero-order chi connectivity index (χ0) is 14.5. The molecule has 0 bridgehead atoms. The molecule has 1 N–H and O–H groups in total. The summed E-state index contributed by atoms with van der Waals surface area (Å²) >= 11 is 0. The first-order valence-electron chi connectivity index (χ1n) is 7.17. The Morgan fingerprint density at radius 3 is 2.70 bits per heavy atom. The van der Waals surface area contributed by atoms with Gasteiger partial charge in [-0.15, -0.1) is 0 Å². The van der Waals surface area contributed by atoms with Crippen molar-refractivity contribution in [2.75, 3.05) is 26.7 Å². The van der Waals surface area contributed by atoms with E-state index in [1.54, 1.807) is 7.11 Å². The van der Waals surface area contributed by atoms with Crippen molar-refractivity contribution < 1.29 is 14.6 Å². The van der Waals surface area contributed by atoms with E-state index in [1.807, 2.05) is 25.1 Å². The van der Waals surface area contributed by atoms with E-state index in [4.69, 9.17) is 4.74 Å². The second kappa shape index (κ2) is 6.86. The maximum Gasteiger partial charge on any atom is 0.153 e. The van der Waals surface area contributed by atoms with Crippen molar-refractivity contribution in [2.45, 2.75) is 31.8 Å². The lowest BCUT2D eigenvalue weighted by molar-refractivity contribution is 0.109. The Labute approximate surface area is 120 Å². The summed E-state index contributed by atoms with van der Waals surface area (Å²) in [7, 11) is 1.59. The molecule has 1 aliphatic heterocycles. The molecule has 0 aliphatic carbocycles. The molecule has 0 unspecified atom stereocenters. The first kappa shape index (κ1) is 15.0. The number of methoxy groups -OCH3 is 1. The van der Waals surface area contributed by atoms with Gasteiger partial charge in [0.25, 0.3) is 0 Å². The lowest BCUT2D eigenvalue weighted by atomic mass is 9.88. The summed E-state index contributed by atoms with van der Waals surface area (Å²) in [5.41, 5.74) is 1.84. The third-order valence-electron chi connectivity index (χ3n) is 3.97. The quantitative estimate of drug-likeness (QED) is 0.837. The highest BCUT2D eigenvalue weighted by molar-refractivity contribution is 5.79. The van der Waals surface area contributed by atoms with E-state index in [0.29, 0.717) is 17.2 Å². The van der Waals surface area contributed by atoms with Crippen LogP contribution in [0.5, 0.6) is 5.75 Å². The van der Waals surface area contributed by atoms with Gasteiger partial charge in [-0.3, -0.25) is 4.79 Å². The first-order chi connectivity index (χ1) is 9.63. The number of benzene rings is 1. The summed E-state index contributed by atoms with van der Waals surface area (Å²) in [5.74, 6) is 1.17. The van der Waals surface area contributed by atoms with E-state index < -0.39 is 0 Å². The highest BCUT2D eigenvalue weighted by Crippen LogP contribution is 2.31. The van der Waals surface area contributed by atoms with E-state index in [2.05, 4.69) is 4.90 Å². The van der Waals surface area contributed by atoms with Gasteiger partial charge in [0.2, 0.25) is 0 Å². The number of aldehydes is 1. The minimum atomic E-state index is -0.265. The van der Waals surface area contributed by atoms with Crippen molar-refractivity contribution in [2.24, 2.45) is 0 Å². The molecule has 1 aliphatic rings. The molecule has 4 heteroatoms. The van der Waals surface area contributed by atoms with Crippen molar-refractivity contribution in [3.63, 3.8) is 0 Å². The number of β-amino-alcohol motifs (C(OH)–C–C–N with tert-alkyl or cyclic N) is 1. The molecule has 0 radical (unpaired) electrons. The molecule has 2 rings (SSSR count). The normalized spacial score (nSPS) is 18.8. The Morgan fingerprint density at radius 2 is 2.15 bits per heavy atom. The van der Waals surface area contributed by atoms with Crippen LogP contribution in [0.25, 0.3) is 0 Å². The highest BCUT2D eigenvalue weighted by atomic mass is 16.5. The van der Waals surface area contributed by atoms with Crippen molar-refractivity contribution in [1.29, 1.82) is 0 Å². The third-order valence-corrected chi connectivity index (χ3v) is 3.97. The number of aliphatic hydroxyl groups excluding tert-OH is 1. The molecule has 1 fully saturated rings. The fraction of sp³-hybridized carbons (Fsp3) is 0.562. The van der Waals surface area contributed by atoms with Gasteiger partial charge in [-0.25, -0.2) is 0 Å². The largest absolute Gasteiger partial charge is 0.496 e. The molecule has 0 spiro atoms. The van der Waals surface area contributed by atoms with Crippen LogP contribution in [0.2, 0.25) is 0 Å². The summed E-state index contributed by atoms with van der Waals surface area (Å²) < 4.78 is 5.27. The van der Waals surface area contributed by atoms with Gasteiger partial charge < -0.3 is 14.7 Å². The van der Waals surface area contributed by atoms with E-state index in [-0.39, 0.29) is 6.10 Å². The van der Waals surface area contributed by atoms with Gasteiger partial charge >= 0.3 is 0 Å². The number of nitrogens with zero attached hydrogens (tertiary/aromatic N) is 1. The second-order valence-corrected chi connectivity index (χ2v) is 5.54. The van der Waals surface area contributed by atoms with Gasteiger partial charge in [-0.2, -0.15) is 0 Å². The lowest BCUT2D eigenvalue weighted by Crippen LogP contribution is -2.37. The third kappa shape index (κ3) is 3.58. The smallest absolute Gasteiger partial charge is 0.153 e. The highest BCUT2D eigenvalue weighted by Gasteiger charge is 2.22. The average Bonchev–Trinajstić information content (AvgIpc) is 2.46. The summed E-state index contributed by atoms with van der Waals surface area (Å²) in [6, 6.07) is 5.85. The van der Waals surface area contributed by atoms with Crippen LogP contribution >= 0.6 is 0 Å². The minimum Gasteiger partial charge on any atom is -0.496 e. The molecular weight excluding hydrogens is 254 g/mol. The molecule has 110 valence electrons. The number of likely N-dealkylation sites (tertiary alicyclic amines) is 1. The van der Waals surface area contributed by atoms with E-state index in [1.165, 1.54) is 5.56 Å². The van der Waals surface area contributed by atoms with Gasteiger partial charge in [0.1, 0.15) is 5.75 Å². The topological polar surface area (TPSA) is 49.8 Å². The number of hydrogen-bond acceptors (Lipinski definition) is 4. The molecule has 1 saturated heterocycles. The molecule has 0 saturated carbocycles. The predicted molar refractivity (Wildman–Crippen MR) is 78.5 cm³/mol. The van der Waals surface area contributed by atoms with Gasteiger partial charge in [0, 0.05) is 6.54 Å². The predicted octanol–water partition coefficient (Wildman–Crippen LogP) is 2.07. The Morgan fingerprint density at radius 1 is 1.45 bits per heavy atom. The number of rotatable bonds is 5. The fourth-order valence-corrected chi connectivity index (χ4v) is 2.90. The molecule has 0 aromatic heterocycles. The zero-order valence-electron chi connectivity index (χ0n) is 12.2. The molecule has 4 nitrogen and oxygen atoms in total. The summed E-state index contributed by atoms with van der Waals surface area (Å²) in [5, 5.41) is 9.42. The van der Waals surface area contributed by atoms with E-state index in [9.17, 15) is 9.90 Å². The number of aliphatic hydroxyl groups is 1. The van der Waals surface area contributed by atoms with Crippen LogP contribution < -0.4 is 4.74 Å². The summed E-state index contributed by atoms with van der Waals surface area (Å²) in [4.78, 5) is 13.2. The van der Waals surface area contributed by atoms with Gasteiger partial charge in [-0.05, 0) is 56.5 Å². The van der Waals surface area contributed by atoms with Crippen LogP contribution in [0.4, 0.5) is 0 Å². The standard InChI is InChI=1S/C16H23NO3/c1-12(19)10-17-7-5-13(6-8-17)14-3-4-15(11-18)16(9-14)20-2/h3-4,9,11-13,19H,5-8,10H2,1-2H3/t12-/m1/s1. The SMILES string of the molecule is COc1cc(C2CCN(C[C@@H](C)O)CC2)ccc1C=O. The van der Waals surface area contributed by atoms with Crippen LogP contribution in [0, 0.1) is 0 Å². The minimum absolute atomic E-state index is 0.265. The van der Waals surface area contributed by atoms with Crippen LogP contribution in [0.3, 0.4) is 0 Å². The van der Waals surface area contributed by atoms with Crippen molar-refractivity contribution in [3.05, 3.63) is 29.3 Å². The van der Waals surface area contributed by atoms with Gasteiger partial charge in [-0.1, -0.05) is 6.07 Å².